The van der Waals surface area contributed by atoms with E-state index in [1.165, 1.54) is 57.8 Å². The highest BCUT2D eigenvalue weighted by molar-refractivity contribution is 9.09. The molecule has 0 radical (unpaired) electrons. The van der Waals surface area contributed by atoms with Crippen LogP contribution in [0.1, 0.15) is 85.0 Å². The summed E-state index contributed by atoms with van der Waals surface area (Å²) in [4.78, 5) is 13.3. The van der Waals surface area contributed by atoms with Crippen molar-refractivity contribution in [2.45, 2.75) is 101 Å². The van der Waals surface area contributed by atoms with E-state index >= 15 is 0 Å². The Morgan fingerprint density at radius 1 is 1.04 bits per heavy atom. The van der Waals surface area contributed by atoms with Crippen LogP contribution in [-0.4, -0.2) is 27.1 Å². The summed E-state index contributed by atoms with van der Waals surface area (Å²) in [5, 5.41) is 0.536. The van der Waals surface area contributed by atoms with Gasteiger partial charge in [0.05, 0.1) is 16.5 Å². The highest BCUT2D eigenvalue weighted by atomic mass is 79.9. The lowest BCUT2D eigenvalue weighted by Crippen LogP contribution is -2.67. The van der Waals surface area contributed by atoms with Crippen LogP contribution in [0.25, 0.3) is 0 Å². The van der Waals surface area contributed by atoms with E-state index in [0.717, 1.165) is 24.2 Å². The molecule has 0 N–H and O–H groups in total. The minimum Gasteiger partial charge on any atom is -0.367 e. The van der Waals surface area contributed by atoms with Gasteiger partial charge in [-0.3, -0.25) is 4.79 Å². The molecule has 2 bridgehead atoms. The summed E-state index contributed by atoms with van der Waals surface area (Å²) in [6, 6.07) is 0. The zero-order chi connectivity index (χ0) is 19.9. The first-order valence-electron chi connectivity index (χ1n) is 11.7. The van der Waals surface area contributed by atoms with E-state index in [1.807, 2.05) is 0 Å². The summed E-state index contributed by atoms with van der Waals surface area (Å²) in [5.41, 5.74) is 0.703. The molecule has 0 aromatic rings. The first-order valence-corrected chi connectivity index (χ1v) is 13.7. The standard InChI is InChI=1S/C24H36Br2O2/c1-4-23-8-7-16-15(17(23)5-6-18(23)19(27)14-25)13-20(26)24-12-10-21(2,28-24)9-11-22(16,24)3/h15-18,20H,4-14H2,1-3H3/t15?,16?,17?,18-,20-,21-,22-,23+,24+/m1/s1. The lowest BCUT2D eigenvalue weighted by molar-refractivity contribution is -0.251. The lowest BCUT2D eigenvalue weighted by Gasteiger charge is -2.66. The minimum absolute atomic E-state index is 0.0388. The van der Waals surface area contributed by atoms with E-state index in [0.29, 0.717) is 15.9 Å². The van der Waals surface area contributed by atoms with Gasteiger partial charge in [-0.2, -0.15) is 0 Å². The number of carbonyl (C=O) groups excluding carboxylic acids is 1. The maximum Gasteiger partial charge on any atom is 0.147 e. The Morgan fingerprint density at radius 3 is 2.50 bits per heavy atom. The second-order valence-corrected chi connectivity index (χ2v) is 13.0. The van der Waals surface area contributed by atoms with Crippen molar-refractivity contribution in [1.29, 1.82) is 0 Å². The molecule has 2 aliphatic heterocycles. The van der Waals surface area contributed by atoms with Crippen molar-refractivity contribution in [1.82, 2.24) is 0 Å². The van der Waals surface area contributed by atoms with Crippen molar-refractivity contribution in [3.8, 4) is 0 Å². The van der Waals surface area contributed by atoms with Gasteiger partial charge in [-0.15, -0.1) is 0 Å². The van der Waals surface area contributed by atoms with Gasteiger partial charge in [0.1, 0.15) is 5.78 Å². The number of rotatable bonds is 3. The second kappa shape index (κ2) is 6.55. The third-order valence-corrected chi connectivity index (χ3v) is 12.4. The van der Waals surface area contributed by atoms with Crippen LogP contribution < -0.4 is 0 Å². The van der Waals surface area contributed by atoms with Crippen molar-refractivity contribution in [3.63, 3.8) is 0 Å². The summed E-state index contributed by atoms with van der Waals surface area (Å²) < 4.78 is 6.97. The van der Waals surface area contributed by atoms with Crippen LogP contribution in [-0.2, 0) is 9.53 Å². The number of fused-ring (bicyclic) bond motifs is 5. The molecule has 3 aliphatic carbocycles. The second-order valence-electron chi connectivity index (χ2n) is 11.3. The van der Waals surface area contributed by atoms with E-state index in [-0.39, 0.29) is 27.9 Å². The first-order chi connectivity index (χ1) is 13.3. The van der Waals surface area contributed by atoms with E-state index in [1.54, 1.807) is 0 Å². The average Bonchev–Trinajstić information content (AvgIpc) is 3.22. The Kier molecular flexibility index (Phi) is 4.79. The monoisotopic (exact) mass is 514 g/mol. The van der Waals surface area contributed by atoms with Gasteiger partial charge in [0.2, 0.25) is 0 Å². The molecule has 1 spiro atoms. The van der Waals surface area contributed by atoms with Crippen LogP contribution in [0.5, 0.6) is 0 Å². The molecule has 2 saturated heterocycles. The van der Waals surface area contributed by atoms with Crippen molar-refractivity contribution in [2.75, 3.05) is 5.33 Å². The number of ether oxygens (including phenoxy) is 1. The molecular weight excluding hydrogens is 480 g/mol. The summed E-state index contributed by atoms with van der Waals surface area (Å²) >= 11 is 7.67. The molecule has 0 aromatic heterocycles. The van der Waals surface area contributed by atoms with Crippen LogP contribution >= 0.6 is 31.9 Å². The molecule has 3 unspecified atom stereocenters. The molecule has 5 rings (SSSR count). The zero-order valence-corrected chi connectivity index (χ0v) is 20.9. The SMILES string of the molecule is CC[C@]12CCC3C(C[C@@H](Br)[C@@]45CC[C@@](C)(CC[C@]34C)O5)C1CC[C@@H]2C(=O)CBr. The highest BCUT2D eigenvalue weighted by Crippen LogP contribution is 2.73. The van der Waals surface area contributed by atoms with E-state index < -0.39 is 0 Å². The number of hydrogen-bond donors (Lipinski definition) is 0. The molecule has 9 atom stereocenters. The maximum atomic E-state index is 12.8. The topological polar surface area (TPSA) is 26.3 Å². The van der Waals surface area contributed by atoms with Crippen molar-refractivity contribution < 1.29 is 9.53 Å². The molecule has 2 nitrogen and oxygen atoms in total. The zero-order valence-electron chi connectivity index (χ0n) is 17.7. The third kappa shape index (κ3) is 2.38. The summed E-state index contributed by atoms with van der Waals surface area (Å²) in [6.45, 7) is 7.29. The van der Waals surface area contributed by atoms with Gasteiger partial charge in [0.15, 0.2) is 0 Å². The fourth-order valence-electron chi connectivity index (χ4n) is 9.29. The van der Waals surface area contributed by atoms with Gasteiger partial charge in [0, 0.05) is 16.2 Å². The minimum atomic E-state index is 0.0388. The normalized spacial score (nSPS) is 57.4. The van der Waals surface area contributed by atoms with Gasteiger partial charge < -0.3 is 4.74 Å². The summed E-state index contributed by atoms with van der Waals surface area (Å²) in [7, 11) is 0. The van der Waals surface area contributed by atoms with Crippen LogP contribution in [0, 0.1) is 34.5 Å². The summed E-state index contributed by atoms with van der Waals surface area (Å²) in [6.07, 6.45) is 12.4. The predicted octanol–water partition coefficient (Wildman–Crippen LogP) is 6.67. The van der Waals surface area contributed by atoms with E-state index in [9.17, 15) is 4.79 Å². The molecular formula is C24H36Br2O2. The van der Waals surface area contributed by atoms with Gasteiger partial charge in [-0.05, 0) is 94.3 Å². The Labute approximate surface area is 187 Å². The predicted molar refractivity (Wildman–Crippen MR) is 120 cm³/mol. The fraction of sp³-hybridized carbons (Fsp3) is 0.958. The van der Waals surface area contributed by atoms with Gasteiger partial charge in [0.25, 0.3) is 0 Å². The molecule has 2 heterocycles. The van der Waals surface area contributed by atoms with Gasteiger partial charge >= 0.3 is 0 Å². The highest BCUT2D eigenvalue weighted by Gasteiger charge is 2.71. The Morgan fingerprint density at radius 2 is 1.79 bits per heavy atom. The molecule has 0 amide bonds. The quantitative estimate of drug-likeness (QED) is 0.392. The molecule has 4 heteroatoms. The number of hydrogen-bond acceptors (Lipinski definition) is 2. The number of ketones is 1. The summed E-state index contributed by atoms with van der Waals surface area (Å²) in [5.74, 6) is 3.01. The van der Waals surface area contributed by atoms with Crippen LogP contribution in [0.4, 0.5) is 0 Å². The molecule has 28 heavy (non-hydrogen) atoms. The smallest absolute Gasteiger partial charge is 0.147 e. The first kappa shape index (κ1) is 20.5. The number of Topliss-reactive ketones (excluding diaryl/α,β-unsaturated/α-hetero) is 1. The number of alkyl halides is 2. The molecule has 5 fully saturated rings. The Balaban J connectivity index is 1.52. The van der Waals surface area contributed by atoms with E-state index in [4.69, 9.17) is 4.74 Å². The maximum absolute atomic E-state index is 12.8. The lowest BCUT2D eigenvalue weighted by atomic mass is 9.44. The van der Waals surface area contributed by atoms with Crippen molar-refractivity contribution >= 4 is 37.6 Å². The van der Waals surface area contributed by atoms with Crippen molar-refractivity contribution in [2.24, 2.45) is 34.5 Å². The molecule has 5 aliphatic rings. The van der Waals surface area contributed by atoms with Crippen LogP contribution in [0.15, 0.2) is 0 Å². The Bertz CT molecular complexity index is 682. The van der Waals surface area contributed by atoms with Crippen LogP contribution in [0.3, 0.4) is 0 Å². The van der Waals surface area contributed by atoms with Crippen LogP contribution in [0.2, 0.25) is 0 Å². The van der Waals surface area contributed by atoms with Gasteiger partial charge in [-0.25, -0.2) is 0 Å². The molecule has 3 saturated carbocycles. The number of carbonyl (C=O) groups is 1. The molecule has 0 aromatic carbocycles. The van der Waals surface area contributed by atoms with E-state index in [2.05, 4.69) is 52.6 Å². The third-order valence-electron chi connectivity index (χ3n) is 10.7. The fourth-order valence-corrected chi connectivity index (χ4v) is 11.0. The average molecular weight is 516 g/mol. The number of halogens is 2. The molecule has 158 valence electrons. The largest absolute Gasteiger partial charge is 0.367 e. The van der Waals surface area contributed by atoms with Crippen molar-refractivity contribution in [3.05, 3.63) is 0 Å². The Hall–Kier alpha value is 0.590. The van der Waals surface area contributed by atoms with Gasteiger partial charge in [-0.1, -0.05) is 45.7 Å².